The Hall–Kier alpha value is -1.56. The lowest BCUT2D eigenvalue weighted by Gasteiger charge is -2.28. The third kappa shape index (κ3) is 3.72. The number of rotatable bonds is 6. The lowest BCUT2D eigenvalue weighted by molar-refractivity contribution is 0.0576. The highest BCUT2D eigenvalue weighted by Crippen LogP contribution is 2.28. The average Bonchev–Trinajstić information content (AvgIpc) is 2.47. The summed E-state index contributed by atoms with van der Waals surface area (Å²) in [5, 5.41) is 0. The van der Waals surface area contributed by atoms with Crippen molar-refractivity contribution in [1.82, 2.24) is 9.97 Å². The van der Waals surface area contributed by atoms with Gasteiger partial charge in [-0.3, -0.25) is 0 Å². The molecular weight excluding hydrogens is 256 g/mol. The van der Waals surface area contributed by atoms with Gasteiger partial charge in [0.1, 0.15) is 12.0 Å². The zero-order valence-corrected chi connectivity index (χ0v) is 12.3. The Balaban J connectivity index is 2.02. The molecule has 1 saturated heterocycles. The summed E-state index contributed by atoms with van der Waals surface area (Å²) in [6.45, 7) is 5.24. The summed E-state index contributed by atoms with van der Waals surface area (Å²) >= 11 is 0. The number of nitrogen functional groups attached to an aromatic ring is 1. The maximum absolute atomic E-state index is 6.11. The summed E-state index contributed by atoms with van der Waals surface area (Å²) in [5.41, 5.74) is 6.62. The van der Waals surface area contributed by atoms with Gasteiger partial charge in [-0.25, -0.2) is 4.98 Å². The maximum atomic E-state index is 6.11. The predicted molar refractivity (Wildman–Crippen MR) is 79.0 cm³/mol. The van der Waals surface area contributed by atoms with Gasteiger partial charge in [0.2, 0.25) is 5.88 Å². The van der Waals surface area contributed by atoms with Crippen LogP contribution in [0.4, 0.5) is 11.5 Å². The van der Waals surface area contributed by atoms with Crippen LogP contribution in [0.15, 0.2) is 6.33 Å². The van der Waals surface area contributed by atoms with Crippen molar-refractivity contribution >= 4 is 11.5 Å². The Morgan fingerprint density at radius 2 is 2.35 bits per heavy atom. The molecular formula is C14H24N4O2. The molecule has 1 aliphatic heterocycles. The van der Waals surface area contributed by atoms with E-state index >= 15 is 0 Å². The van der Waals surface area contributed by atoms with E-state index in [1.807, 2.05) is 14.0 Å². The van der Waals surface area contributed by atoms with E-state index in [0.717, 1.165) is 38.4 Å². The molecule has 20 heavy (non-hydrogen) atoms. The molecule has 0 amide bonds. The second-order valence-electron chi connectivity index (χ2n) is 5.23. The standard InChI is InChI=1S/C14H24N4O2/c1-3-6-20-14-12(15)13(16-10-17-14)18(2)8-11-5-4-7-19-9-11/h10-11H,3-9,15H2,1-2H3. The molecule has 1 aliphatic rings. The number of nitrogens with zero attached hydrogens (tertiary/aromatic N) is 3. The fourth-order valence-corrected chi connectivity index (χ4v) is 2.41. The molecule has 1 aromatic rings. The van der Waals surface area contributed by atoms with E-state index in [-0.39, 0.29) is 0 Å². The van der Waals surface area contributed by atoms with Crippen molar-refractivity contribution in [3.8, 4) is 5.88 Å². The Morgan fingerprint density at radius 1 is 1.50 bits per heavy atom. The molecule has 0 radical (unpaired) electrons. The highest BCUT2D eigenvalue weighted by molar-refractivity contribution is 5.67. The monoisotopic (exact) mass is 280 g/mol. The molecule has 0 bridgehead atoms. The van der Waals surface area contributed by atoms with Crippen LogP contribution >= 0.6 is 0 Å². The molecule has 2 rings (SSSR count). The SMILES string of the molecule is CCCOc1ncnc(N(C)CC2CCCOC2)c1N. The number of aromatic nitrogens is 2. The summed E-state index contributed by atoms with van der Waals surface area (Å²) < 4.78 is 11.0. The molecule has 6 heteroatoms. The predicted octanol–water partition coefficient (Wildman–Crippen LogP) is 1.71. The minimum Gasteiger partial charge on any atom is -0.476 e. The smallest absolute Gasteiger partial charge is 0.242 e. The van der Waals surface area contributed by atoms with Crippen LogP contribution < -0.4 is 15.4 Å². The zero-order valence-electron chi connectivity index (χ0n) is 12.3. The van der Waals surface area contributed by atoms with E-state index in [9.17, 15) is 0 Å². The molecule has 1 atom stereocenters. The topological polar surface area (TPSA) is 73.5 Å². The third-order valence-electron chi connectivity index (χ3n) is 3.42. The van der Waals surface area contributed by atoms with Crippen LogP contribution in [-0.4, -0.2) is 43.4 Å². The summed E-state index contributed by atoms with van der Waals surface area (Å²) in [7, 11) is 2.00. The third-order valence-corrected chi connectivity index (χ3v) is 3.42. The fraction of sp³-hybridized carbons (Fsp3) is 0.714. The maximum Gasteiger partial charge on any atom is 0.242 e. The lowest BCUT2D eigenvalue weighted by atomic mass is 10.0. The summed E-state index contributed by atoms with van der Waals surface area (Å²) in [5.74, 6) is 1.74. The van der Waals surface area contributed by atoms with E-state index in [2.05, 4.69) is 14.9 Å². The summed E-state index contributed by atoms with van der Waals surface area (Å²) in [4.78, 5) is 10.4. The number of anilines is 2. The van der Waals surface area contributed by atoms with Gasteiger partial charge in [0.25, 0.3) is 0 Å². The summed E-state index contributed by atoms with van der Waals surface area (Å²) in [6.07, 6.45) is 4.75. The van der Waals surface area contributed by atoms with E-state index in [0.29, 0.717) is 24.1 Å². The van der Waals surface area contributed by atoms with Crippen LogP contribution in [-0.2, 0) is 4.74 Å². The zero-order chi connectivity index (χ0) is 14.4. The quantitative estimate of drug-likeness (QED) is 0.855. The van der Waals surface area contributed by atoms with Crippen molar-refractivity contribution in [2.24, 2.45) is 5.92 Å². The average molecular weight is 280 g/mol. The largest absolute Gasteiger partial charge is 0.476 e. The first-order valence-corrected chi connectivity index (χ1v) is 7.24. The molecule has 0 aliphatic carbocycles. The van der Waals surface area contributed by atoms with Gasteiger partial charge in [-0.05, 0) is 25.2 Å². The minimum absolute atomic E-state index is 0.476. The fourth-order valence-electron chi connectivity index (χ4n) is 2.41. The van der Waals surface area contributed by atoms with Gasteiger partial charge in [-0.1, -0.05) is 6.92 Å². The molecule has 1 unspecified atom stereocenters. The van der Waals surface area contributed by atoms with Gasteiger partial charge in [0, 0.05) is 20.2 Å². The van der Waals surface area contributed by atoms with E-state index in [4.69, 9.17) is 15.2 Å². The Morgan fingerprint density at radius 3 is 3.05 bits per heavy atom. The van der Waals surface area contributed by atoms with Crippen molar-refractivity contribution < 1.29 is 9.47 Å². The van der Waals surface area contributed by atoms with Crippen molar-refractivity contribution in [2.75, 3.05) is 44.0 Å². The van der Waals surface area contributed by atoms with Crippen LogP contribution in [0, 0.1) is 5.92 Å². The Bertz CT molecular complexity index is 422. The summed E-state index contributed by atoms with van der Waals surface area (Å²) in [6, 6.07) is 0. The van der Waals surface area contributed by atoms with Crippen molar-refractivity contribution in [3.63, 3.8) is 0 Å². The molecule has 1 aromatic heterocycles. The van der Waals surface area contributed by atoms with Gasteiger partial charge >= 0.3 is 0 Å². The van der Waals surface area contributed by atoms with E-state index < -0.39 is 0 Å². The van der Waals surface area contributed by atoms with Crippen LogP contribution in [0.1, 0.15) is 26.2 Å². The highest BCUT2D eigenvalue weighted by atomic mass is 16.5. The first-order chi connectivity index (χ1) is 9.72. The number of nitrogens with two attached hydrogens (primary N) is 1. The molecule has 0 aromatic carbocycles. The molecule has 2 heterocycles. The molecule has 2 N–H and O–H groups in total. The molecule has 0 saturated carbocycles. The normalized spacial score (nSPS) is 18.8. The van der Waals surface area contributed by atoms with Crippen LogP contribution in [0.5, 0.6) is 5.88 Å². The molecule has 0 spiro atoms. The first-order valence-electron chi connectivity index (χ1n) is 7.24. The van der Waals surface area contributed by atoms with Gasteiger partial charge in [-0.2, -0.15) is 4.98 Å². The number of hydrogen-bond donors (Lipinski definition) is 1. The van der Waals surface area contributed by atoms with Crippen molar-refractivity contribution in [3.05, 3.63) is 6.33 Å². The van der Waals surface area contributed by atoms with Crippen LogP contribution in [0.3, 0.4) is 0 Å². The molecule has 112 valence electrons. The Labute approximate surface area is 120 Å². The van der Waals surface area contributed by atoms with Gasteiger partial charge < -0.3 is 20.1 Å². The van der Waals surface area contributed by atoms with E-state index in [1.54, 1.807) is 0 Å². The van der Waals surface area contributed by atoms with E-state index in [1.165, 1.54) is 12.7 Å². The van der Waals surface area contributed by atoms with Crippen molar-refractivity contribution in [2.45, 2.75) is 26.2 Å². The molecule has 6 nitrogen and oxygen atoms in total. The Kier molecular flexibility index (Phi) is 5.40. The van der Waals surface area contributed by atoms with Gasteiger partial charge in [0.15, 0.2) is 5.82 Å². The number of ether oxygens (including phenoxy) is 2. The highest BCUT2D eigenvalue weighted by Gasteiger charge is 2.19. The molecule has 1 fully saturated rings. The second kappa shape index (κ2) is 7.28. The first kappa shape index (κ1) is 14.8. The van der Waals surface area contributed by atoms with Crippen LogP contribution in [0.25, 0.3) is 0 Å². The van der Waals surface area contributed by atoms with Gasteiger partial charge in [-0.15, -0.1) is 0 Å². The second-order valence-corrected chi connectivity index (χ2v) is 5.23. The number of hydrogen-bond acceptors (Lipinski definition) is 6. The van der Waals surface area contributed by atoms with Crippen molar-refractivity contribution in [1.29, 1.82) is 0 Å². The lowest BCUT2D eigenvalue weighted by Crippen LogP contribution is -2.31. The van der Waals surface area contributed by atoms with Crippen LogP contribution in [0.2, 0.25) is 0 Å². The minimum atomic E-state index is 0.476. The van der Waals surface area contributed by atoms with Gasteiger partial charge in [0.05, 0.1) is 13.2 Å².